The Morgan fingerprint density at radius 3 is 2.47 bits per heavy atom. The summed E-state index contributed by atoms with van der Waals surface area (Å²) in [6.45, 7) is 7.33. The van der Waals surface area contributed by atoms with Crippen molar-refractivity contribution in [2.75, 3.05) is 13.7 Å². The van der Waals surface area contributed by atoms with E-state index in [9.17, 15) is 30.0 Å². The highest BCUT2D eigenvalue weighted by molar-refractivity contribution is 5.85. The van der Waals surface area contributed by atoms with Crippen molar-refractivity contribution in [2.45, 2.75) is 127 Å². The zero-order chi connectivity index (χ0) is 31.1. The molecule has 6 aliphatic rings. The van der Waals surface area contributed by atoms with Crippen LogP contribution in [-0.4, -0.2) is 100 Å². The van der Waals surface area contributed by atoms with Crippen LogP contribution in [0.2, 0.25) is 0 Å². The summed E-state index contributed by atoms with van der Waals surface area (Å²) in [4.78, 5) is 24.3. The molecule has 0 amide bonds. The minimum atomic E-state index is -1.54. The number of aliphatic hydroxyl groups is 4. The maximum absolute atomic E-state index is 12.7. The van der Waals surface area contributed by atoms with E-state index in [0.717, 1.165) is 11.1 Å². The molecule has 3 saturated carbocycles. The quantitative estimate of drug-likeness (QED) is 0.266. The van der Waals surface area contributed by atoms with Gasteiger partial charge in [-0.15, -0.1) is 0 Å². The SMILES string of the molecule is CO[C@H]1[C@@H](O)[C@@H](C)O[C@@H](O[C@@H]2C=C3[C@@H](OC(C)=O)C[C@@]4(O)[C@H](CC[C@]5(C)[C@@H](C6=CC(=O)OC6)CC[C@]45O)[C@@]3(C)CC2)[C@@H]1O. The van der Waals surface area contributed by atoms with Gasteiger partial charge >= 0.3 is 11.9 Å². The number of hydrogen-bond donors (Lipinski definition) is 4. The minimum Gasteiger partial charge on any atom is -0.458 e. The fourth-order valence-electron chi connectivity index (χ4n) is 9.93. The van der Waals surface area contributed by atoms with Crippen molar-refractivity contribution >= 4 is 11.9 Å². The van der Waals surface area contributed by atoms with Crippen molar-refractivity contribution in [3.8, 4) is 0 Å². The molecule has 4 fully saturated rings. The molecule has 11 nitrogen and oxygen atoms in total. The predicted molar refractivity (Wildman–Crippen MR) is 150 cm³/mol. The van der Waals surface area contributed by atoms with Crippen LogP contribution in [0.25, 0.3) is 0 Å². The van der Waals surface area contributed by atoms with Crippen molar-refractivity contribution in [3.05, 3.63) is 23.3 Å². The first-order valence-electron chi connectivity index (χ1n) is 15.6. The second-order valence-corrected chi connectivity index (χ2v) is 14.2. The van der Waals surface area contributed by atoms with Crippen LogP contribution in [-0.2, 0) is 33.3 Å². The van der Waals surface area contributed by atoms with Gasteiger partial charge in [-0.25, -0.2) is 4.79 Å². The van der Waals surface area contributed by atoms with Crippen LogP contribution < -0.4 is 0 Å². The molecule has 0 bridgehead atoms. The topological polar surface area (TPSA) is 161 Å². The number of ether oxygens (including phenoxy) is 5. The van der Waals surface area contributed by atoms with E-state index in [1.165, 1.54) is 20.1 Å². The lowest BCUT2D eigenvalue weighted by Gasteiger charge is -2.66. The van der Waals surface area contributed by atoms with E-state index in [1.54, 1.807) is 6.92 Å². The lowest BCUT2D eigenvalue weighted by Crippen LogP contribution is -2.73. The van der Waals surface area contributed by atoms with Gasteiger partial charge in [0, 0.05) is 31.9 Å². The summed E-state index contributed by atoms with van der Waals surface area (Å²) in [6, 6.07) is 0. The van der Waals surface area contributed by atoms with E-state index >= 15 is 0 Å². The van der Waals surface area contributed by atoms with Gasteiger partial charge < -0.3 is 44.1 Å². The summed E-state index contributed by atoms with van der Waals surface area (Å²) in [5, 5.41) is 46.6. The molecule has 0 radical (unpaired) electrons. The summed E-state index contributed by atoms with van der Waals surface area (Å²) in [7, 11) is 1.42. The Balaban J connectivity index is 1.32. The monoisotopic (exact) mass is 606 g/mol. The summed E-state index contributed by atoms with van der Waals surface area (Å²) in [6.07, 6.45) is 0.937. The number of aliphatic hydroxyl groups excluding tert-OH is 2. The van der Waals surface area contributed by atoms with Gasteiger partial charge in [0.1, 0.15) is 36.6 Å². The molecular formula is C32H46O11. The van der Waals surface area contributed by atoms with Crippen LogP contribution in [0, 0.1) is 22.7 Å². The Morgan fingerprint density at radius 2 is 1.81 bits per heavy atom. The minimum absolute atomic E-state index is 0.0379. The van der Waals surface area contributed by atoms with E-state index in [1.807, 2.05) is 13.0 Å². The molecule has 0 spiro atoms. The molecular weight excluding hydrogens is 560 g/mol. The molecule has 0 aromatic heterocycles. The average molecular weight is 607 g/mol. The second-order valence-electron chi connectivity index (χ2n) is 14.2. The fraction of sp³-hybridized carbons (Fsp3) is 0.812. The third kappa shape index (κ3) is 4.48. The van der Waals surface area contributed by atoms with Gasteiger partial charge in [-0.1, -0.05) is 19.9 Å². The first-order valence-corrected chi connectivity index (χ1v) is 15.6. The molecule has 4 aliphatic carbocycles. The first-order chi connectivity index (χ1) is 20.2. The molecule has 0 aromatic carbocycles. The van der Waals surface area contributed by atoms with Crippen molar-refractivity contribution in [1.82, 2.24) is 0 Å². The normalized spacial score (nSPS) is 51.0. The molecule has 6 rings (SSSR count). The summed E-state index contributed by atoms with van der Waals surface area (Å²) in [5.74, 6) is -1.27. The number of methoxy groups -OCH3 is 1. The van der Waals surface area contributed by atoms with Gasteiger partial charge in [0.25, 0.3) is 0 Å². The standard InChI is InChI=1S/C32H46O11/c1-16-25(35)27(39-5)26(36)28(41-16)43-19-6-9-29(3)21(13-19)22(42-17(2)33)14-31(37)23(29)8-10-30(4)20(7-11-32(30,31)38)18-12-24(34)40-15-18/h12-13,16,19-20,22-23,25-28,35-38H,6-11,14-15H2,1-5H3/t16-,19+,20-,22+,23-,25+,26-,27+,28+,29+,30-,31-,32-/m1/s1. The van der Waals surface area contributed by atoms with E-state index in [4.69, 9.17) is 23.7 Å². The zero-order valence-corrected chi connectivity index (χ0v) is 25.7. The van der Waals surface area contributed by atoms with Gasteiger partial charge in [0.2, 0.25) is 0 Å². The molecule has 0 unspecified atom stereocenters. The molecule has 2 aliphatic heterocycles. The molecule has 43 heavy (non-hydrogen) atoms. The third-order valence-corrected chi connectivity index (χ3v) is 12.1. The molecule has 11 heteroatoms. The summed E-state index contributed by atoms with van der Waals surface area (Å²) >= 11 is 0. The lowest BCUT2D eigenvalue weighted by atomic mass is 9.42. The molecule has 4 N–H and O–H groups in total. The highest BCUT2D eigenvalue weighted by Crippen LogP contribution is 2.71. The number of fused-ring (bicyclic) bond motifs is 5. The fourth-order valence-corrected chi connectivity index (χ4v) is 9.93. The summed E-state index contributed by atoms with van der Waals surface area (Å²) in [5.41, 5.74) is -2.59. The van der Waals surface area contributed by atoms with Crippen molar-refractivity contribution in [2.24, 2.45) is 22.7 Å². The summed E-state index contributed by atoms with van der Waals surface area (Å²) < 4.78 is 28.5. The average Bonchev–Trinajstić information content (AvgIpc) is 3.48. The maximum atomic E-state index is 12.7. The van der Waals surface area contributed by atoms with Gasteiger partial charge in [-0.2, -0.15) is 0 Å². The number of rotatable bonds is 5. The molecule has 2 heterocycles. The Bertz CT molecular complexity index is 1220. The van der Waals surface area contributed by atoms with Crippen LogP contribution in [0.3, 0.4) is 0 Å². The number of carbonyl (C=O) groups is 2. The van der Waals surface area contributed by atoms with Crippen LogP contribution in [0.1, 0.15) is 72.6 Å². The number of esters is 2. The van der Waals surface area contributed by atoms with Crippen LogP contribution in [0.5, 0.6) is 0 Å². The van der Waals surface area contributed by atoms with Crippen LogP contribution >= 0.6 is 0 Å². The van der Waals surface area contributed by atoms with Crippen molar-refractivity contribution in [1.29, 1.82) is 0 Å². The predicted octanol–water partition coefficient (Wildman–Crippen LogP) is 1.69. The number of carbonyl (C=O) groups excluding carboxylic acids is 2. The van der Waals surface area contributed by atoms with Crippen LogP contribution in [0.4, 0.5) is 0 Å². The molecule has 0 aromatic rings. The Hall–Kier alpha value is -1.86. The maximum Gasteiger partial charge on any atom is 0.331 e. The molecule has 1 saturated heterocycles. The van der Waals surface area contributed by atoms with Gasteiger partial charge in [0.05, 0.1) is 17.8 Å². The smallest absolute Gasteiger partial charge is 0.331 e. The Kier molecular flexibility index (Phi) is 7.68. The highest BCUT2D eigenvalue weighted by atomic mass is 16.7. The largest absolute Gasteiger partial charge is 0.458 e. The van der Waals surface area contributed by atoms with E-state index in [0.29, 0.717) is 38.5 Å². The van der Waals surface area contributed by atoms with Gasteiger partial charge in [0.15, 0.2) is 6.29 Å². The highest BCUT2D eigenvalue weighted by Gasteiger charge is 2.75. The molecule has 240 valence electrons. The Labute approximate surface area is 252 Å². The van der Waals surface area contributed by atoms with Crippen LogP contribution in [0.15, 0.2) is 23.3 Å². The first kappa shape index (κ1) is 31.1. The number of cyclic esters (lactones) is 1. The van der Waals surface area contributed by atoms with Crippen molar-refractivity contribution in [3.63, 3.8) is 0 Å². The second kappa shape index (κ2) is 10.6. The van der Waals surface area contributed by atoms with Gasteiger partial charge in [-0.3, -0.25) is 4.79 Å². The lowest BCUT2D eigenvalue weighted by molar-refractivity contribution is -0.307. The van der Waals surface area contributed by atoms with E-state index < -0.39 is 70.9 Å². The van der Waals surface area contributed by atoms with Gasteiger partial charge in [-0.05, 0) is 73.8 Å². The Morgan fingerprint density at radius 1 is 1.07 bits per heavy atom. The number of hydrogen-bond acceptors (Lipinski definition) is 11. The van der Waals surface area contributed by atoms with E-state index in [2.05, 4.69) is 6.92 Å². The van der Waals surface area contributed by atoms with E-state index in [-0.39, 0.29) is 30.8 Å². The zero-order valence-electron chi connectivity index (χ0n) is 25.7. The van der Waals surface area contributed by atoms with Crippen molar-refractivity contribution < 1.29 is 53.7 Å². The molecule has 13 atom stereocenters. The third-order valence-electron chi connectivity index (χ3n) is 12.1.